The van der Waals surface area contributed by atoms with Gasteiger partial charge in [0.25, 0.3) is 0 Å². The normalized spacial score (nSPS) is 14.5. The molecule has 1 N–H and O–H groups in total. The maximum Gasteiger partial charge on any atom is 0.346 e. The van der Waals surface area contributed by atoms with Crippen LogP contribution in [-0.4, -0.2) is 23.1 Å². The fourth-order valence-corrected chi connectivity index (χ4v) is 1.81. The highest BCUT2D eigenvalue weighted by atomic mass is 16.6. The number of hydrogen-bond acceptors (Lipinski definition) is 3. The van der Waals surface area contributed by atoms with Crippen molar-refractivity contribution in [2.75, 3.05) is 0 Å². The molecule has 0 amide bonds. The van der Waals surface area contributed by atoms with Gasteiger partial charge >= 0.3 is 11.9 Å². The Balaban J connectivity index is 5.27. The smallest absolute Gasteiger partial charge is 0.346 e. The molecule has 0 aromatic rings. The third-order valence-electron chi connectivity index (χ3n) is 2.67. The predicted octanol–water partition coefficient (Wildman–Crippen LogP) is 2.63. The lowest BCUT2D eigenvalue weighted by atomic mass is 9.86. The molecule has 0 aromatic heterocycles. The van der Waals surface area contributed by atoms with Crippen molar-refractivity contribution in [3.63, 3.8) is 0 Å². The first kappa shape index (κ1) is 17.2. The Morgan fingerprint density at radius 1 is 1.37 bits per heavy atom. The summed E-state index contributed by atoms with van der Waals surface area (Å²) in [7, 11) is 0. The summed E-state index contributed by atoms with van der Waals surface area (Å²) in [6, 6.07) is 0. The number of carboxylic acid groups (broad SMARTS) is 1. The Kier molecular flexibility index (Phi) is 7.59. The first-order chi connectivity index (χ1) is 8.79. The van der Waals surface area contributed by atoms with Crippen LogP contribution in [0.3, 0.4) is 0 Å². The average Bonchev–Trinajstić information content (AvgIpc) is 2.27. The summed E-state index contributed by atoms with van der Waals surface area (Å²) in [5, 5.41) is 9.21. The van der Waals surface area contributed by atoms with Crippen molar-refractivity contribution in [3.05, 3.63) is 12.2 Å². The van der Waals surface area contributed by atoms with E-state index in [1.165, 1.54) is 6.92 Å². The highest BCUT2D eigenvalue weighted by molar-refractivity contribution is 5.77. The number of esters is 1. The third kappa shape index (κ3) is 6.66. The molecule has 106 valence electrons. The van der Waals surface area contributed by atoms with E-state index in [-0.39, 0.29) is 5.92 Å². The molecular weight excluding hydrogens is 244 g/mol. The molecule has 0 radical (unpaired) electrons. The summed E-state index contributed by atoms with van der Waals surface area (Å²) >= 11 is 0. The molecule has 19 heavy (non-hydrogen) atoms. The topological polar surface area (TPSA) is 63.6 Å². The maximum atomic E-state index is 11.3. The SMILES string of the molecule is C=C(C)C#CC(C(C)CCC)C(OC(C)=O)C(=O)O. The molecule has 4 nitrogen and oxygen atoms in total. The summed E-state index contributed by atoms with van der Waals surface area (Å²) in [6.45, 7) is 10.5. The van der Waals surface area contributed by atoms with Gasteiger partial charge in [0.2, 0.25) is 6.10 Å². The Morgan fingerprint density at radius 2 is 1.95 bits per heavy atom. The minimum atomic E-state index is -1.23. The second-order valence-corrected chi connectivity index (χ2v) is 4.71. The molecule has 3 unspecified atom stereocenters. The molecule has 0 fully saturated rings. The molecular formula is C15H22O4. The molecule has 0 saturated heterocycles. The minimum Gasteiger partial charge on any atom is -0.478 e. The van der Waals surface area contributed by atoms with Gasteiger partial charge in [0, 0.05) is 6.92 Å². The molecule has 0 aliphatic carbocycles. The summed E-state index contributed by atoms with van der Waals surface area (Å²) in [4.78, 5) is 22.3. The van der Waals surface area contributed by atoms with Crippen LogP contribution in [0.4, 0.5) is 0 Å². The van der Waals surface area contributed by atoms with E-state index in [0.29, 0.717) is 5.57 Å². The van der Waals surface area contributed by atoms with Crippen molar-refractivity contribution >= 4 is 11.9 Å². The summed E-state index contributed by atoms with van der Waals surface area (Å²) < 4.78 is 4.90. The van der Waals surface area contributed by atoms with Gasteiger partial charge in [-0.15, -0.1) is 0 Å². The minimum absolute atomic E-state index is 0.0253. The van der Waals surface area contributed by atoms with Gasteiger partial charge in [-0.3, -0.25) is 4.79 Å². The van der Waals surface area contributed by atoms with Crippen LogP contribution in [0.5, 0.6) is 0 Å². The third-order valence-corrected chi connectivity index (χ3v) is 2.67. The average molecular weight is 266 g/mol. The van der Waals surface area contributed by atoms with Crippen LogP contribution >= 0.6 is 0 Å². The van der Waals surface area contributed by atoms with Crippen LogP contribution in [0.2, 0.25) is 0 Å². The van der Waals surface area contributed by atoms with Gasteiger partial charge in [0.1, 0.15) is 0 Å². The van der Waals surface area contributed by atoms with Crippen molar-refractivity contribution in [2.24, 2.45) is 11.8 Å². The van der Waals surface area contributed by atoms with Gasteiger partial charge < -0.3 is 9.84 Å². The fraction of sp³-hybridized carbons (Fsp3) is 0.600. The Labute approximate surface area is 114 Å². The van der Waals surface area contributed by atoms with Gasteiger partial charge in [-0.2, -0.15) is 0 Å². The van der Waals surface area contributed by atoms with Crippen molar-refractivity contribution in [3.8, 4) is 11.8 Å². The number of rotatable bonds is 6. The first-order valence-electron chi connectivity index (χ1n) is 6.36. The van der Waals surface area contributed by atoms with E-state index >= 15 is 0 Å². The molecule has 0 bridgehead atoms. The zero-order valence-corrected chi connectivity index (χ0v) is 12.0. The molecule has 0 heterocycles. The molecule has 0 spiro atoms. The molecule has 0 rings (SSSR count). The number of hydrogen-bond donors (Lipinski definition) is 1. The van der Waals surface area contributed by atoms with Crippen molar-refractivity contribution in [1.29, 1.82) is 0 Å². The van der Waals surface area contributed by atoms with Gasteiger partial charge in [-0.05, 0) is 24.8 Å². The number of allylic oxidation sites excluding steroid dienone is 1. The van der Waals surface area contributed by atoms with Crippen LogP contribution in [0.15, 0.2) is 12.2 Å². The van der Waals surface area contributed by atoms with Gasteiger partial charge in [0.15, 0.2) is 0 Å². The zero-order valence-electron chi connectivity index (χ0n) is 12.0. The Hall–Kier alpha value is -1.76. The van der Waals surface area contributed by atoms with Crippen molar-refractivity contribution in [2.45, 2.75) is 46.6 Å². The van der Waals surface area contributed by atoms with Crippen LogP contribution in [0, 0.1) is 23.7 Å². The quantitative estimate of drug-likeness (QED) is 0.593. The lowest BCUT2D eigenvalue weighted by Crippen LogP contribution is -2.36. The standard InChI is InChI=1S/C15H22O4/c1-6-7-11(4)13(9-8-10(2)3)14(15(17)18)19-12(5)16/h11,13-14H,2,6-7H2,1,3-5H3,(H,17,18). The molecule has 4 heteroatoms. The largest absolute Gasteiger partial charge is 0.478 e. The van der Waals surface area contributed by atoms with E-state index in [4.69, 9.17) is 4.74 Å². The van der Waals surface area contributed by atoms with Gasteiger partial charge in [-0.1, -0.05) is 38.7 Å². The van der Waals surface area contributed by atoms with Crippen molar-refractivity contribution < 1.29 is 19.4 Å². The molecule has 0 aromatic carbocycles. The lowest BCUT2D eigenvalue weighted by Gasteiger charge is -2.24. The summed E-state index contributed by atoms with van der Waals surface area (Å²) in [5.41, 5.74) is 0.653. The predicted molar refractivity (Wildman–Crippen MR) is 73.3 cm³/mol. The zero-order chi connectivity index (χ0) is 15.0. The fourth-order valence-electron chi connectivity index (χ4n) is 1.81. The number of aliphatic carboxylic acids is 1. The van der Waals surface area contributed by atoms with Gasteiger partial charge in [0.05, 0.1) is 5.92 Å². The molecule has 0 saturated carbocycles. The van der Waals surface area contributed by atoms with E-state index in [1.54, 1.807) is 6.92 Å². The first-order valence-corrected chi connectivity index (χ1v) is 6.36. The van der Waals surface area contributed by atoms with E-state index in [2.05, 4.69) is 18.4 Å². The number of carboxylic acids is 1. The number of ether oxygens (including phenoxy) is 1. The highest BCUT2D eigenvalue weighted by Crippen LogP contribution is 2.23. The van der Waals surface area contributed by atoms with Crippen LogP contribution < -0.4 is 0 Å². The van der Waals surface area contributed by atoms with Crippen LogP contribution in [0.1, 0.15) is 40.5 Å². The molecule has 0 aliphatic heterocycles. The monoisotopic (exact) mass is 266 g/mol. The number of carbonyl (C=O) groups excluding carboxylic acids is 1. The van der Waals surface area contributed by atoms with Crippen molar-refractivity contribution in [1.82, 2.24) is 0 Å². The maximum absolute atomic E-state index is 11.3. The Morgan fingerprint density at radius 3 is 2.32 bits per heavy atom. The molecule has 3 atom stereocenters. The second-order valence-electron chi connectivity index (χ2n) is 4.71. The highest BCUT2D eigenvalue weighted by Gasteiger charge is 2.33. The number of carbonyl (C=O) groups is 2. The van der Waals surface area contributed by atoms with E-state index in [0.717, 1.165) is 12.8 Å². The molecule has 0 aliphatic rings. The van der Waals surface area contributed by atoms with E-state index < -0.39 is 24.0 Å². The lowest BCUT2D eigenvalue weighted by molar-refractivity contribution is -0.166. The second kappa shape index (κ2) is 8.36. The van der Waals surface area contributed by atoms with Crippen LogP contribution in [-0.2, 0) is 14.3 Å². The Bertz CT molecular complexity index is 400. The summed E-state index contributed by atoms with van der Waals surface area (Å²) in [6.07, 6.45) is 0.505. The van der Waals surface area contributed by atoms with Crippen LogP contribution in [0.25, 0.3) is 0 Å². The van der Waals surface area contributed by atoms with Gasteiger partial charge in [-0.25, -0.2) is 4.79 Å². The van der Waals surface area contributed by atoms with E-state index in [9.17, 15) is 14.7 Å². The summed E-state index contributed by atoms with van der Waals surface area (Å²) in [5.74, 6) is 3.39. The van der Waals surface area contributed by atoms with E-state index in [1.807, 2.05) is 13.8 Å².